The lowest BCUT2D eigenvalue weighted by molar-refractivity contribution is 0.556. The number of rotatable bonds is 5. The van der Waals surface area contributed by atoms with Crippen LogP contribution in [0.2, 0.25) is 0 Å². The van der Waals surface area contributed by atoms with Crippen LogP contribution in [0.3, 0.4) is 0 Å². The van der Waals surface area contributed by atoms with Gasteiger partial charge in [0.15, 0.2) is 0 Å². The van der Waals surface area contributed by atoms with E-state index in [0.717, 1.165) is 11.3 Å². The predicted octanol–water partition coefficient (Wildman–Crippen LogP) is 3.41. The molecule has 0 aliphatic heterocycles. The van der Waals surface area contributed by atoms with Gasteiger partial charge >= 0.3 is 0 Å². The van der Waals surface area contributed by atoms with E-state index in [-0.39, 0.29) is 11.9 Å². The minimum atomic E-state index is -0.296. The first-order chi connectivity index (χ1) is 9.22. The molecule has 0 saturated heterocycles. The maximum Gasteiger partial charge on any atom is 0.141 e. The SMILES string of the molecule is C[C@H](NCc1csc(C2CC2)n1)c1cncc(F)c1. The van der Waals surface area contributed by atoms with E-state index in [1.807, 2.05) is 6.92 Å². The van der Waals surface area contributed by atoms with Gasteiger partial charge in [-0.05, 0) is 31.4 Å². The molecule has 0 amide bonds. The fourth-order valence-electron chi connectivity index (χ4n) is 1.96. The van der Waals surface area contributed by atoms with Gasteiger partial charge in [-0.1, -0.05) is 0 Å². The van der Waals surface area contributed by atoms with Gasteiger partial charge in [0.05, 0.1) is 16.9 Å². The van der Waals surface area contributed by atoms with Gasteiger partial charge < -0.3 is 5.32 Å². The van der Waals surface area contributed by atoms with E-state index in [1.165, 1.54) is 30.1 Å². The van der Waals surface area contributed by atoms with Crippen molar-refractivity contribution in [2.24, 2.45) is 0 Å². The minimum Gasteiger partial charge on any atom is -0.304 e. The Morgan fingerprint density at radius 3 is 3.05 bits per heavy atom. The maximum absolute atomic E-state index is 13.1. The van der Waals surface area contributed by atoms with Gasteiger partial charge in [0.25, 0.3) is 0 Å². The van der Waals surface area contributed by atoms with Crippen LogP contribution >= 0.6 is 11.3 Å². The molecule has 100 valence electrons. The molecule has 0 radical (unpaired) electrons. The smallest absolute Gasteiger partial charge is 0.141 e. The summed E-state index contributed by atoms with van der Waals surface area (Å²) in [5, 5.41) is 6.72. The molecule has 2 aromatic rings. The summed E-state index contributed by atoms with van der Waals surface area (Å²) >= 11 is 1.75. The Kier molecular flexibility index (Phi) is 3.57. The Bertz CT molecular complexity index is 565. The highest BCUT2D eigenvalue weighted by molar-refractivity contribution is 7.09. The van der Waals surface area contributed by atoms with E-state index in [0.29, 0.717) is 12.5 Å². The Balaban J connectivity index is 1.58. The number of pyridine rings is 1. The number of thiazole rings is 1. The van der Waals surface area contributed by atoms with Gasteiger partial charge in [-0.15, -0.1) is 11.3 Å². The molecular formula is C14H16FN3S. The molecule has 3 nitrogen and oxygen atoms in total. The van der Waals surface area contributed by atoms with Crippen LogP contribution < -0.4 is 5.32 Å². The van der Waals surface area contributed by atoms with Gasteiger partial charge in [0.1, 0.15) is 5.82 Å². The molecule has 0 spiro atoms. The molecule has 5 heteroatoms. The van der Waals surface area contributed by atoms with E-state index in [1.54, 1.807) is 17.5 Å². The lowest BCUT2D eigenvalue weighted by Crippen LogP contribution is -2.18. The van der Waals surface area contributed by atoms with Gasteiger partial charge in [-0.3, -0.25) is 4.98 Å². The van der Waals surface area contributed by atoms with Crippen LogP contribution in [0.25, 0.3) is 0 Å². The third-order valence-electron chi connectivity index (χ3n) is 3.31. The number of aromatic nitrogens is 2. The van der Waals surface area contributed by atoms with Gasteiger partial charge in [0, 0.05) is 30.1 Å². The van der Waals surface area contributed by atoms with E-state index >= 15 is 0 Å². The molecule has 0 unspecified atom stereocenters. The van der Waals surface area contributed by atoms with Crippen LogP contribution in [0.5, 0.6) is 0 Å². The van der Waals surface area contributed by atoms with Gasteiger partial charge in [-0.25, -0.2) is 9.37 Å². The molecule has 19 heavy (non-hydrogen) atoms. The second kappa shape index (κ2) is 5.35. The van der Waals surface area contributed by atoms with Crippen molar-refractivity contribution in [2.45, 2.75) is 38.3 Å². The van der Waals surface area contributed by atoms with Crippen LogP contribution in [0, 0.1) is 5.82 Å². The van der Waals surface area contributed by atoms with E-state index in [2.05, 4.69) is 20.7 Å². The molecule has 1 saturated carbocycles. The lowest BCUT2D eigenvalue weighted by Gasteiger charge is -2.12. The third-order valence-corrected chi connectivity index (χ3v) is 4.37. The number of halogens is 1. The van der Waals surface area contributed by atoms with Crippen LogP contribution in [0.15, 0.2) is 23.8 Å². The van der Waals surface area contributed by atoms with Crippen molar-refractivity contribution in [3.8, 4) is 0 Å². The molecule has 2 aromatic heterocycles. The highest BCUT2D eigenvalue weighted by atomic mass is 32.1. The second-order valence-corrected chi connectivity index (χ2v) is 5.88. The largest absolute Gasteiger partial charge is 0.304 e. The van der Waals surface area contributed by atoms with E-state index in [9.17, 15) is 4.39 Å². The summed E-state index contributed by atoms with van der Waals surface area (Å²) < 4.78 is 13.1. The number of hydrogen-bond acceptors (Lipinski definition) is 4. The van der Waals surface area contributed by atoms with Crippen LogP contribution in [0.1, 0.15) is 48.0 Å². The first kappa shape index (κ1) is 12.7. The molecule has 2 heterocycles. The van der Waals surface area contributed by atoms with Crippen molar-refractivity contribution >= 4 is 11.3 Å². The molecule has 1 aliphatic carbocycles. The molecule has 1 N–H and O–H groups in total. The van der Waals surface area contributed by atoms with Crippen molar-refractivity contribution in [1.82, 2.24) is 15.3 Å². The molecule has 1 aliphatic rings. The summed E-state index contributed by atoms with van der Waals surface area (Å²) in [5.41, 5.74) is 1.93. The summed E-state index contributed by atoms with van der Waals surface area (Å²) in [6.07, 6.45) is 5.48. The fraction of sp³-hybridized carbons (Fsp3) is 0.429. The first-order valence-corrected chi connectivity index (χ1v) is 7.38. The summed E-state index contributed by atoms with van der Waals surface area (Å²) in [6.45, 7) is 2.71. The van der Waals surface area contributed by atoms with Crippen molar-refractivity contribution in [2.75, 3.05) is 0 Å². The lowest BCUT2D eigenvalue weighted by atomic mass is 10.1. The van der Waals surface area contributed by atoms with E-state index in [4.69, 9.17) is 0 Å². The number of nitrogens with one attached hydrogen (secondary N) is 1. The molecule has 3 rings (SSSR count). The number of hydrogen-bond donors (Lipinski definition) is 1. The van der Waals surface area contributed by atoms with Crippen molar-refractivity contribution < 1.29 is 4.39 Å². The predicted molar refractivity (Wildman–Crippen MR) is 73.5 cm³/mol. The molecule has 1 fully saturated rings. The van der Waals surface area contributed by atoms with E-state index < -0.39 is 0 Å². The van der Waals surface area contributed by atoms with Crippen molar-refractivity contribution in [1.29, 1.82) is 0 Å². The average Bonchev–Trinajstić information content (AvgIpc) is 3.15. The quantitative estimate of drug-likeness (QED) is 0.910. The fourth-order valence-corrected chi connectivity index (χ4v) is 2.95. The molecule has 1 atom stereocenters. The highest BCUT2D eigenvalue weighted by Crippen LogP contribution is 2.41. The standard InChI is InChI=1S/C14H16FN3S/c1-9(11-4-12(15)6-16-5-11)17-7-13-8-19-14(18-13)10-2-3-10/h4-6,8-10,17H,2-3,7H2,1H3/t9-/m0/s1. The van der Waals surface area contributed by atoms with Crippen LogP contribution in [-0.2, 0) is 6.54 Å². The molecule has 0 bridgehead atoms. The summed E-state index contributed by atoms with van der Waals surface area (Å²) in [6, 6.07) is 1.58. The zero-order valence-corrected chi connectivity index (χ0v) is 11.6. The summed E-state index contributed by atoms with van der Waals surface area (Å²) in [7, 11) is 0. The highest BCUT2D eigenvalue weighted by Gasteiger charge is 2.26. The zero-order chi connectivity index (χ0) is 13.2. The molecule has 0 aromatic carbocycles. The Hall–Kier alpha value is -1.33. The van der Waals surface area contributed by atoms with Gasteiger partial charge in [-0.2, -0.15) is 0 Å². The van der Waals surface area contributed by atoms with Gasteiger partial charge in [0.2, 0.25) is 0 Å². The van der Waals surface area contributed by atoms with Crippen LogP contribution in [0.4, 0.5) is 4.39 Å². The summed E-state index contributed by atoms with van der Waals surface area (Å²) in [5.74, 6) is 0.416. The maximum atomic E-state index is 13.1. The Morgan fingerprint density at radius 2 is 2.32 bits per heavy atom. The summed E-state index contributed by atoms with van der Waals surface area (Å²) in [4.78, 5) is 8.49. The van der Waals surface area contributed by atoms with Crippen molar-refractivity contribution in [3.05, 3.63) is 45.9 Å². The second-order valence-electron chi connectivity index (χ2n) is 4.99. The normalized spacial score (nSPS) is 16.5. The zero-order valence-electron chi connectivity index (χ0n) is 10.8. The Labute approximate surface area is 115 Å². The van der Waals surface area contributed by atoms with Crippen molar-refractivity contribution in [3.63, 3.8) is 0 Å². The first-order valence-electron chi connectivity index (χ1n) is 6.50. The monoisotopic (exact) mass is 277 g/mol. The number of nitrogens with zero attached hydrogens (tertiary/aromatic N) is 2. The van der Waals surface area contributed by atoms with Crippen LogP contribution in [-0.4, -0.2) is 9.97 Å². The topological polar surface area (TPSA) is 37.8 Å². The molecular weight excluding hydrogens is 261 g/mol. The minimum absolute atomic E-state index is 0.0641. The third kappa shape index (κ3) is 3.16. The average molecular weight is 277 g/mol. The Morgan fingerprint density at radius 1 is 1.47 bits per heavy atom.